The average Bonchev–Trinajstić information content (AvgIpc) is 3.24. The highest BCUT2D eigenvalue weighted by Gasteiger charge is 2.58. The van der Waals surface area contributed by atoms with E-state index in [4.69, 9.17) is 9.47 Å². The van der Waals surface area contributed by atoms with Crippen LogP contribution in [0.25, 0.3) is 0 Å². The fourth-order valence-electron chi connectivity index (χ4n) is 4.68. The normalized spacial score (nSPS) is 23.0. The Morgan fingerprint density at radius 2 is 2.17 bits per heavy atom. The third-order valence-electron chi connectivity index (χ3n) is 6.32. The molecule has 1 fully saturated rings. The number of rotatable bonds is 8. The van der Waals surface area contributed by atoms with Crippen LogP contribution < -0.4 is 14.8 Å². The third kappa shape index (κ3) is 3.55. The van der Waals surface area contributed by atoms with Gasteiger partial charge in [-0.25, -0.2) is 4.98 Å². The van der Waals surface area contributed by atoms with E-state index in [2.05, 4.69) is 17.2 Å². The Bertz CT molecular complexity index is 1000. The minimum absolute atomic E-state index is 0.0168. The molecule has 1 amide bonds. The Morgan fingerprint density at radius 3 is 3.03 bits per heavy atom. The molecular formula is C24H26N2O4. The van der Waals surface area contributed by atoms with E-state index < -0.39 is 0 Å². The number of nitrogens with zero attached hydrogens (tertiary/aromatic N) is 1. The molecule has 3 aliphatic rings. The van der Waals surface area contributed by atoms with Crippen LogP contribution in [0.3, 0.4) is 0 Å². The molecule has 0 saturated heterocycles. The zero-order valence-electron chi connectivity index (χ0n) is 17.1. The van der Waals surface area contributed by atoms with Crippen molar-refractivity contribution in [2.24, 2.45) is 5.92 Å². The summed E-state index contributed by atoms with van der Waals surface area (Å²) in [6, 6.07) is 7.72. The monoisotopic (exact) mass is 406 g/mol. The van der Waals surface area contributed by atoms with E-state index in [-0.39, 0.29) is 12.0 Å². The van der Waals surface area contributed by atoms with Gasteiger partial charge < -0.3 is 14.8 Å². The fraction of sp³-hybridized carbons (Fsp3) is 0.458. The van der Waals surface area contributed by atoms with E-state index in [1.807, 2.05) is 24.3 Å². The number of aromatic nitrogens is 1. The molecule has 156 valence electrons. The van der Waals surface area contributed by atoms with Crippen LogP contribution >= 0.6 is 0 Å². The molecule has 1 saturated carbocycles. The van der Waals surface area contributed by atoms with Crippen molar-refractivity contribution >= 4 is 17.5 Å². The SMILES string of the molecule is CCCCCC(=O)C[C@@H]1[C@H]2Oc3ccc(Oc4ccnc5c4CCC(=O)N5)cc3[C@@H]12. The summed E-state index contributed by atoms with van der Waals surface area (Å²) in [6.07, 6.45) is 7.37. The van der Waals surface area contributed by atoms with Crippen molar-refractivity contribution in [3.05, 3.63) is 41.6 Å². The number of pyridine rings is 1. The summed E-state index contributed by atoms with van der Waals surface area (Å²) < 4.78 is 12.2. The van der Waals surface area contributed by atoms with Crippen LogP contribution in [0.15, 0.2) is 30.5 Å². The van der Waals surface area contributed by atoms with Crippen LogP contribution in [0.4, 0.5) is 5.82 Å². The molecule has 3 atom stereocenters. The molecule has 30 heavy (non-hydrogen) atoms. The van der Waals surface area contributed by atoms with E-state index >= 15 is 0 Å². The van der Waals surface area contributed by atoms with E-state index in [1.165, 1.54) is 0 Å². The number of carbonyl (C=O) groups is 2. The molecule has 3 heterocycles. The first-order valence-corrected chi connectivity index (χ1v) is 10.9. The number of ether oxygens (including phenoxy) is 2. The Kier molecular flexibility index (Phi) is 4.93. The van der Waals surface area contributed by atoms with Gasteiger partial charge in [0.2, 0.25) is 5.91 Å². The predicted molar refractivity (Wildman–Crippen MR) is 112 cm³/mol. The van der Waals surface area contributed by atoms with Crippen LogP contribution in [0.5, 0.6) is 17.2 Å². The maximum Gasteiger partial charge on any atom is 0.225 e. The van der Waals surface area contributed by atoms with Gasteiger partial charge in [0.15, 0.2) is 0 Å². The second kappa shape index (κ2) is 7.74. The number of Topliss-reactive ketones (excluding diaryl/α,β-unsaturated/α-hetero) is 1. The second-order valence-electron chi connectivity index (χ2n) is 8.46. The smallest absolute Gasteiger partial charge is 0.225 e. The summed E-state index contributed by atoms with van der Waals surface area (Å²) in [4.78, 5) is 28.1. The maximum absolute atomic E-state index is 12.3. The van der Waals surface area contributed by atoms with Crippen molar-refractivity contribution in [3.8, 4) is 17.2 Å². The van der Waals surface area contributed by atoms with Crippen LogP contribution in [0.1, 0.15) is 62.5 Å². The highest BCUT2D eigenvalue weighted by atomic mass is 16.5. The highest BCUT2D eigenvalue weighted by molar-refractivity contribution is 5.93. The number of anilines is 1. The Labute approximate surface area is 176 Å². The lowest BCUT2D eigenvalue weighted by molar-refractivity contribution is -0.119. The number of unbranched alkanes of at least 4 members (excludes halogenated alkanes) is 2. The summed E-state index contributed by atoms with van der Waals surface area (Å²) >= 11 is 0. The average molecular weight is 406 g/mol. The predicted octanol–water partition coefficient (Wildman–Crippen LogP) is 4.77. The van der Waals surface area contributed by atoms with Crippen molar-refractivity contribution in [1.29, 1.82) is 0 Å². The van der Waals surface area contributed by atoms with Crippen molar-refractivity contribution < 1.29 is 19.1 Å². The molecule has 0 radical (unpaired) electrons. The minimum Gasteiger partial charge on any atom is -0.489 e. The first kappa shape index (κ1) is 19.1. The molecule has 0 unspecified atom stereocenters. The molecule has 2 aromatic rings. The first-order chi connectivity index (χ1) is 14.6. The molecule has 1 aromatic carbocycles. The summed E-state index contributed by atoms with van der Waals surface area (Å²) in [6.45, 7) is 2.15. The number of fused-ring (bicyclic) bond motifs is 4. The number of hydrogen-bond acceptors (Lipinski definition) is 5. The van der Waals surface area contributed by atoms with Crippen LogP contribution in [-0.4, -0.2) is 22.8 Å². The molecule has 6 nitrogen and oxygen atoms in total. The number of ketones is 1. The van der Waals surface area contributed by atoms with Gasteiger partial charge in [0.05, 0.1) is 0 Å². The Balaban J connectivity index is 1.28. The summed E-state index contributed by atoms with van der Waals surface area (Å²) in [5, 5.41) is 2.80. The number of benzene rings is 1. The zero-order valence-corrected chi connectivity index (χ0v) is 17.1. The van der Waals surface area contributed by atoms with Gasteiger partial charge in [-0.15, -0.1) is 0 Å². The minimum atomic E-state index is -0.0168. The molecule has 5 rings (SSSR count). The molecule has 1 aliphatic carbocycles. The Hall–Kier alpha value is -2.89. The molecule has 6 heteroatoms. The fourth-order valence-corrected chi connectivity index (χ4v) is 4.68. The van der Waals surface area contributed by atoms with Gasteiger partial charge >= 0.3 is 0 Å². The van der Waals surface area contributed by atoms with E-state index in [0.717, 1.165) is 41.9 Å². The van der Waals surface area contributed by atoms with Crippen molar-refractivity contribution in [1.82, 2.24) is 4.98 Å². The van der Waals surface area contributed by atoms with Crippen LogP contribution in [0, 0.1) is 5.92 Å². The molecule has 1 aromatic heterocycles. The van der Waals surface area contributed by atoms with Gasteiger partial charge in [-0.1, -0.05) is 19.8 Å². The quantitative estimate of drug-likeness (QED) is 0.639. The van der Waals surface area contributed by atoms with Crippen LogP contribution in [0.2, 0.25) is 0 Å². The largest absolute Gasteiger partial charge is 0.489 e. The maximum atomic E-state index is 12.3. The lowest BCUT2D eigenvalue weighted by Gasteiger charge is -2.19. The first-order valence-electron chi connectivity index (χ1n) is 10.9. The number of hydrogen-bond donors (Lipinski definition) is 1. The number of carbonyl (C=O) groups excluding carboxylic acids is 2. The summed E-state index contributed by atoms with van der Waals surface area (Å²) in [5.74, 6) is 3.86. The van der Waals surface area contributed by atoms with Gasteiger partial charge in [-0.2, -0.15) is 0 Å². The summed E-state index contributed by atoms with van der Waals surface area (Å²) in [7, 11) is 0. The number of nitrogens with one attached hydrogen (secondary N) is 1. The lowest BCUT2D eigenvalue weighted by Crippen LogP contribution is -2.20. The topological polar surface area (TPSA) is 77.5 Å². The van der Waals surface area contributed by atoms with Gasteiger partial charge in [0, 0.05) is 48.4 Å². The molecule has 2 aliphatic heterocycles. The second-order valence-corrected chi connectivity index (χ2v) is 8.46. The highest BCUT2D eigenvalue weighted by Crippen LogP contribution is 2.60. The Morgan fingerprint density at radius 1 is 1.27 bits per heavy atom. The van der Waals surface area contributed by atoms with Gasteiger partial charge in [-0.3, -0.25) is 9.59 Å². The lowest BCUT2D eigenvalue weighted by atomic mass is 10.0. The van der Waals surface area contributed by atoms with Crippen molar-refractivity contribution in [3.63, 3.8) is 0 Å². The molecular weight excluding hydrogens is 380 g/mol. The van der Waals surface area contributed by atoms with E-state index in [0.29, 0.717) is 54.9 Å². The molecule has 1 N–H and O–H groups in total. The van der Waals surface area contributed by atoms with Gasteiger partial charge in [-0.05, 0) is 37.1 Å². The standard InChI is InChI=1S/C24H26N2O4/c1-2-3-4-5-14(27)12-18-22-17-13-15(6-8-19(17)30-23(18)22)29-20-10-11-25-24-16(20)7-9-21(28)26-24/h6,8,10-11,13,18,22-23H,2-5,7,9,12H2,1H3,(H,25,26,28)/t18-,22-,23+/m0/s1. The third-order valence-corrected chi connectivity index (χ3v) is 6.32. The molecule has 0 bridgehead atoms. The van der Waals surface area contributed by atoms with Gasteiger partial charge in [0.25, 0.3) is 0 Å². The van der Waals surface area contributed by atoms with Gasteiger partial charge in [0.1, 0.15) is 35.0 Å². The van der Waals surface area contributed by atoms with Crippen LogP contribution in [-0.2, 0) is 16.0 Å². The summed E-state index contributed by atoms with van der Waals surface area (Å²) in [5.41, 5.74) is 2.06. The van der Waals surface area contributed by atoms with Crippen molar-refractivity contribution in [2.45, 2.75) is 63.9 Å². The number of amides is 1. The van der Waals surface area contributed by atoms with E-state index in [1.54, 1.807) is 6.20 Å². The van der Waals surface area contributed by atoms with Crippen molar-refractivity contribution in [2.75, 3.05) is 5.32 Å². The zero-order chi connectivity index (χ0) is 20.7. The molecule has 0 spiro atoms. The van der Waals surface area contributed by atoms with E-state index in [9.17, 15) is 9.59 Å².